The predicted octanol–water partition coefficient (Wildman–Crippen LogP) is 3.06. The molecule has 0 aromatic rings. The number of likely N-dealkylation sites (tertiary alicyclic amines) is 1. The lowest BCUT2D eigenvalue weighted by atomic mass is 9.68. The van der Waals surface area contributed by atoms with Gasteiger partial charge in [0.15, 0.2) is 0 Å². The molecule has 0 aromatic carbocycles. The van der Waals surface area contributed by atoms with Crippen LogP contribution in [0.5, 0.6) is 0 Å². The first-order valence-electron chi connectivity index (χ1n) is 7.24. The lowest BCUT2D eigenvalue weighted by Gasteiger charge is -2.44. The standard InChI is InChI=1S/C15H25NO2/c1-13(14(17)18)5-10-16-11-8-15(9-12-16)6-3-2-4-7-15/h5H,2-4,6-12H2,1H3,(H,17,18). The molecule has 102 valence electrons. The average molecular weight is 251 g/mol. The molecule has 0 bridgehead atoms. The monoisotopic (exact) mass is 251 g/mol. The molecule has 18 heavy (non-hydrogen) atoms. The van der Waals surface area contributed by atoms with Crippen molar-refractivity contribution >= 4 is 5.97 Å². The van der Waals surface area contributed by atoms with Crippen LogP contribution in [0.1, 0.15) is 51.9 Å². The van der Waals surface area contributed by atoms with Crippen molar-refractivity contribution in [1.29, 1.82) is 0 Å². The van der Waals surface area contributed by atoms with Gasteiger partial charge in [-0.25, -0.2) is 4.79 Å². The SMILES string of the molecule is CC(=CCN1CCC2(CCCCC2)CC1)C(=O)O. The molecule has 1 saturated carbocycles. The molecule has 1 aliphatic heterocycles. The lowest BCUT2D eigenvalue weighted by Crippen LogP contribution is -2.41. The summed E-state index contributed by atoms with van der Waals surface area (Å²) < 4.78 is 0. The van der Waals surface area contributed by atoms with E-state index < -0.39 is 5.97 Å². The Bertz CT molecular complexity index is 319. The Hall–Kier alpha value is -0.830. The van der Waals surface area contributed by atoms with Gasteiger partial charge >= 0.3 is 5.97 Å². The number of aliphatic carboxylic acids is 1. The summed E-state index contributed by atoms with van der Waals surface area (Å²) in [6.45, 7) is 4.76. The van der Waals surface area contributed by atoms with Crippen LogP contribution in [-0.4, -0.2) is 35.6 Å². The fraction of sp³-hybridized carbons (Fsp3) is 0.800. The number of hydrogen-bond acceptors (Lipinski definition) is 2. The molecule has 1 saturated heterocycles. The molecule has 0 radical (unpaired) electrons. The molecule has 0 atom stereocenters. The Morgan fingerprint density at radius 2 is 1.78 bits per heavy atom. The summed E-state index contributed by atoms with van der Waals surface area (Å²) in [4.78, 5) is 13.1. The molecule has 2 rings (SSSR count). The van der Waals surface area contributed by atoms with Gasteiger partial charge in [-0.3, -0.25) is 4.90 Å². The Kier molecular flexibility index (Phi) is 4.44. The Morgan fingerprint density at radius 1 is 1.17 bits per heavy atom. The highest BCUT2D eigenvalue weighted by molar-refractivity contribution is 5.85. The first-order valence-corrected chi connectivity index (χ1v) is 7.24. The summed E-state index contributed by atoms with van der Waals surface area (Å²) >= 11 is 0. The van der Waals surface area contributed by atoms with Gasteiger partial charge in [0.2, 0.25) is 0 Å². The van der Waals surface area contributed by atoms with Crippen LogP contribution >= 0.6 is 0 Å². The number of rotatable bonds is 3. The van der Waals surface area contributed by atoms with Crippen LogP contribution in [0.25, 0.3) is 0 Å². The minimum atomic E-state index is -0.796. The molecule has 3 nitrogen and oxygen atoms in total. The van der Waals surface area contributed by atoms with E-state index in [1.165, 1.54) is 44.9 Å². The minimum Gasteiger partial charge on any atom is -0.478 e. The Labute approximate surface area is 110 Å². The molecular formula is C15H25NO2. The van der Waals surface area contributed by atoms with Gasteiger partial charge < -0.3 is 5.11 Å². The molecule has 1 heterocycles. The van der Waals surface area contributed by atoms with Gasteiger partial charge in [-0.2, -0.15) is 0 Å². The summed E-state index contributed by atoms with van der Waals surface area (Å²) in [6.07, 6.45) is 11.6. The Morgan fingerprint density at radius 3 is 2.33 bits per heavy atom. The summed E-state index contributed by atoms with van der Waals surface area (Å²) in [5.74, 6) is -0.796. The zero-order valence-corrected chi connectivity index (χ0v) is 11.5. The van der Waals surface area contributed by atoms with E-state index in [4.69, 9.17) is 5.11 Å². The highest BCUT2D eigenvalue weighted by atomic mass is 16.4. The molecular weight excluding hydrogens is 226 g/mol. The lowest BCUT2D eigenvalue weighted by molar-refractivity contribution is -0.132. The van der Waals surface area contributed by atoms with Gasteiger partial charge in [0.25, 0.3) is 0 Å². The fourth-order valence-corrected chi connectivity index (χ4v) is 3.37. The van der Waals surface area contributed by atoms with Crippen LogP contribution in [0.4, 0.5) is 0 Å². The number of nitrogens with zero attached hydrogens (tertiary/aromatic N) is 1. The van der Waals surface area contributed by atoms with E-state index in [9.17, 15) is 4.79 Å². The summed E-state index contributed by atoms with van der Waals surface area (Å²) in [6, 6.07) is 0. The van der Waals surface area contributed by atoms with Gasteiger partial charge in [0, 0.05) is 12.1 Å². The smallest absolute Gasteiger partial charge is 0.330 e. The molecule has 1 N–H and O–H groups in total. The number of hydrogen-bond donors (Lipinski definition) is 1. The largest absolute Gasteiger partial charge is 0.478 e. The molecule has 1 spiro atoms. The number of carbonyl (C=O) groups is 1. The van der Waals surface area contributed by atoms with E-state index in [2.05, 4.69) is 4.90 Å². The molecule has 3 heteroatoms. The van der Waals surface area contributed by atoms with Crippen LogP contribution in [0.3, 0.4) is 0 Å². The zero-order chi connectivity index (χ0) is 13.0. The predicted molar refractivity (Wildman–Crippen MR) is 72.6 cm³/mol. The van der Waals surface area contributed by atoms with Crippen molar-refractivity contribution in [3.05, 3.63) is 11.6 Å². The third-order valence-electron chi connectivity index (χ3n) is 4.82. The van der Waals surface area contributed by atoms with Gasteiger partial charge in [-0.05, 0) is 51.1 Å². The highest BCUT2D eigenvalue weighted by Crippen LogP contribution is 2.44. The maximum absolute atomic E-state index is 10.7. The van der Waals surface area contributed by atoms with Crippen molar-refractivity contribution in [3.63, 3.8) is 0 Å². The molecule has 0 aromatic heterocycles. The van der Waals surface area contributed by atoms with Crippen LogP contribution in [0.2, 0.25) is 0 Å². The normalized spacial score (nSPS) is 25.3. The number of carboxylic acid groups (broad SMARTS) is 1. The van der Waals surface area contributed by atoms with E-state index in [1.54, 1.807) is 6.92 Å². The highest BCUT2D eigenvalue weighted by Gasteiger charge is 2.35. The molecule has 2 fully saturated rings. The molecule has 1 aliphatic carbocycles. The van der Waals surface area contributed by atoms with Crippen molar-refractivity contribution < 1.29 is 9.90 Å². The molecule has 2 aliphatic rings. The van der Waals surface area contributed by atoms with Crippen LogP contribution < -0.4 is 0 Å². The van der Waals surface area contributed by atoms with Crippen LogP contribution in [0, 0.1) is 5.41 Å². The van der Waals surface area contributed by atoms with E-state index in [0.29, 0.717) is 11.0 Å². The van der Waals surface area contributed by atoms with Crippen molar-refractivity contribution in [2.24, 2.45) is 5.41 Å². The summed E-state index contributed by atoms with van der Waals surface area (Å²) in [5.41, 5.74) is 1.10. The average Bonchev–Trinajstić information content (AvgIpc) is 2.39. The van der Waals surface area contributed by atoms with E-state index >= 15 is 0 Å². The topological polar surface area (TPSA) is 40.5 Å². The summed E-state index contributed by atoms with van der Waals surface area (Å²) in [7, 11) is 0. The first kappa shape index (κ1) is 13.6. The second-order valence-electron chi connectivity index (χ2n) is 6.05. The maximum atomic E-state index is 10.7. The molecule has 0 amide bonds. The van der Waals surface area contributed by atoms with Gasteiger partial charge in [-0.1, -0.05) is 25.3 Å². The number of piperidine rings is 1. The zero-order valence-electron chi connectivity index (χ0n) is 11.5. The third kappa shape index (κ3) is 3.35. The van der Waals surface area contributed by atoms with Crippen molar-refractivity contribution in [2.45, 2.75) is 51.9 Å². The van der Waals surface area contributed by atoms with Crippen molar-refractivity contribution in [1.82, 2.24) is 4.90 Å². The van der Waals surface area contributed by atoms with Gasteiger partial charge in [-0.15, -0.1) is 0 Å². The number of carboxylic acids is 1. The minimum absolute atomic E-state index is 0.466. The first-order chi connectivity index (χ1) is 8.61. The second kappa shape index (κ2) is 5.87. The van der Waals surface area contributed by atoms with E-state index in [0.717, 1.165) is 19.6 Å². The molecule has 0 unspecified atom stereocenters. The van der Waals surface area contributed by atoms with E-state index in [1.807, 2.05) is 6.08 Å². The van der Waals surface area contributed by atoms with Crippen LogP contribution in [0.15, 0.2) is 11.6 Å². The second-order valence-corrected chi connectivity index (χ2v) is 6.05. The fourth-order valence-electron chi connectivity index (χ4n) is 3.37. The Balaban J connectivity index is 1.79. The quantitative estimate of drug-likeness (QED) is 0.784. The summed E-state index contributed by atoms with van der Waals surface area (Å²) in [5, 5.41) is 8.82. The van der Waals surface area contributed by atoms with Gasteiger partial charge in [0.1, 0.15) is 0 Å². The van der Waals surface area contributed by atoms with Crippen LogP contribution in [-0.2, 0) is 4.79 Å². The van der Waals surface area contributed by atoms with Crippen molar-refractivity contribution in [2.75, 3.05) is 19.6 Å². The van der Waals surface area contributed by atoms with Gasteiger partial charge in [0.05, 0.1) is 0 Å². The third-order valence-corrected chi connectivity index (χ3v) is 4.82. The van der Waals surface area contributed by atoms with Crippen molar-refractivity contribution in [3.8, 4) is 0 Å². The van der Waals surface area contributed by atoms with E-state index in [-0.39, 0.29) is 0 Å². The maximum Gasteiger partial charge on any atom is 0.330 e.